The van der Waals surface area contributed by atoms with Crippen molar-refractivity contribution in [2.75, 3.05) is 0 Å². The summed E-state index contributed by atoms with van der Waals surface area (Å²) < 4.78 is 18.8. The van der Waals surface area contributed by atoms with Gasteiger partial charge in [0.2, 0.25) is 0 Å². The highest BCUT2D eigenvalue weighted by Crippen LogP contribution is 2.24. The van der Waals surface area contributed by atoms with Crippen LogP contribution in [0, 0.1) is 5.82 Å². The van der Waals surface area contributed by atoms with Crippen LogP contribution in [-0.4, -0.2) is 23.4 Å². The van der Waals surface area contributed by atoms with E-state index in [9.17, 15) is 9.50 Å². The Morgan fingerprint density at radius 2 is 2.29 bits per heavy atom. The van der Waals surface area contributed by atoms with Crippen molar-refractivity contribution in [2.45, 2.75) is 44.5 Å². The van der Waals surface area contributed by atoms with E-state index < -0.39 is 11.9 Å². The summed E-state index contributed by atoms with van der Waals surface area (Å²) in [5.41, 5.74) is 0.738. The molecular weight excluding hydrogens is 243 g/mol. The van der Waals surface area contributed by atoms with Crippen LogP contribution in [0.25, 0.3) is 0 Å². The molecule has 17 heavy (non-hydrogen) atoms. The Morgan fingerprint density at radius 1 is 1.53 bits per heavy atom. The molecule has 94 valence electrons. The Kier molecular flexibility index (Phi) is 4.02. The predicted octanol–water partition coefficient (Wildman–Crippen LogP) is 2.95. The molecule has 1 aromatic carbocycles. The van der Waals surface area contributed by atoms with Crippen molar-refractivity contribution in [1.82, 2.24) is 0 Å². The maximum Gasteiger partial charge on any atom is 0.142 e. The fraction of sp³-hybridized carbons (Fsp3) is 0.538. The van der Waals surface area contributed by atoms with Crippen molar-refractivity contribution < 1.29 is 14.2 Å². The number of hydrogen-bond acceptors (Lipinski definition) is 2. The van der Waals surface area contributed by atoms with Gasteiger partial charge in [-0.2, -0.15) is 0 Å². The molecule has 1 N–H and O–H groups in total. The second-order valence-electron chi connectivity index (χ2n) is 4.58. The third kappa shape index (κ3) is 3.18. The average molecular weight is 259 g/mol. The molecule has 0 radical (unpaired) electrons. The molecule has 1 aliphatic rings. The van der Waals surface area contributed by atoms with Gasteiger partial charge < -0.3 is 9.84 Å². The quantitative estimate of drug-likeness (QED) is 0.903. The summed E-state index contributed by atoms with van der Waals surface area (Å²) >= 11 is 5.60. The van der Waals surface area contributed by atoms with E-state index in [-0.39, 0.29) is 17.2 Å². The van der Waals surface area contributed by atoms with E-state index in [0.29, 0.717) is 6.42 Å². The largest absolute Gasteiger partial charge is 0.390 e. The summed E-state index contributed by atoms with van der Waals surface area (Å²) in [5, 5.41) is 10.1. The zero-order valence-electron chi connectivity index (χ0n) is 9.70. The van der Waals surface area contributed by atoms with Crippen molar-refractivity contribution in [3.63, 3.8) is 0 Å². The SMILES string of the molecule is CC1CCC(C(O)Cc2ccc(Cl)c(F)c2)O1. The Balaban J connectivity index is 1.98. The van der Waals surface area contributed by atoms with Crippen molar-refractivity contribution in [3.8, 4) is 0 Å². The van der Waals surface area contributed by atoms with Crippen LogP contribution < -0.4 is 0 Å². The fourth-order valence-corrected chi connectivity index (χ4v) is 2.27. The van der Waals surface area contributed by atoms with Gasteiger partial charge in [-0.25, -0.2) is 4.39 Å². The third-order valence-electron chi connectivity index (χ3n) is 3.12. The summed E-state index contributed by atoms with van der Waals surface area (Å²) in [5.74, 6) is -0.447. The lowest BCUT2D eigenvalue weighted by Gasteiger charge is -2.18. The zero-order chi connectivity index (χ0) is 12.4. The molecule has 0 aromatic heterocycles. The highest BCUT2D eigenvalue weighted by Gasteiger charge is 2.28. The predicted molar refractivity (Wildman–Crippen MR) is 64.7 cm³/mol. The van der Waals surface area contributed by atoms with Crippen LogP contribution in [0.3, 0.4) is 0 Å². The van der Waals surface area contributed by atoms with Crippen LogP contribution in [0.15, 0.2) is 18.2 Å². The lowest BCUT2D eigenvalue weighted by molar-refractivity contribution is -0.0278. The van der Waals surface area contributed by atoms with Crippen molar-refractivity contribution in [1.29, 1.82) is 0 Å². The van der Waals surface area contributed by atoms with Crippen LogP contribution in [0.2, 0.25) is 5.02 Å². The van der Waals surface area contributed by atoms with Gasteiger partial charge >= 0.3 is 0 Å². The van der Waals surface area contributed by atoms with E-state index in [1.807, 2.05) is 6.92 Å². The molecule has 1 fully saturated rings. The molecule has 0 bridgehead atoms. The van der Waals surface area contributed by atoms with E-state index >= 15 is 0 Å². The van der Waals surface area contributed by atoms with Crippen molar-refractivity contribution in [3.05, 3.63) is 34.6 Å². The van der Waals surface area contributed by atoms with Gasteiger partial charge in [-0.3, -0.25) is 0 Å². The van der Waals surface area contributed by atoms with Gasteiger partial charge in [0.25, 0.3) is 0 Å². The molecule has 2 nitrogen and oxygen atoms in total. The molecule has 1 saturated heterocycles. The highest BCUT2D eigenvalue weighted by atomic mass is 35.5. The second kappa shape index (κ2) is 5.34. The number of aliphatic hydroxyl groups is 1. The van der Waals surface area contributed by atoms with Crippen LogP contribution in [0.5, 0.6) is 0 Å². The zero-order valence-corrected chi connectivity index (χ0v) is 10.5. The van der Waals surface area contributed by atoms with E-state index in [0.717, 1.165) is 18.4 Å². The summed E-state index contributed by atoms with van der Waals surface area (Å²) in [6.07, 6.45) is 1.71. The summed E-state index contributed by atoms with van der Waals surface area (Å²) in [6.45, 7) is 1.99. The van der Waals surface area contributed by atoms with Gasteiger partial charge in [0, 0.05) is 6.42 Å². The van der Waals surface area contributed by atoms with Gasteiger partial charge in [0.05, 0.1) is 23.3 Å². The van der Waals surface area contributed by atoms with E-state index in [2.05, 4.69) is 0 Å². The number of rotatable bonds is 3. The normalized spacial score (nSPS) is 26.1. The molecule has 0 spiro atoms. The maximum absolute atomic E-state index is 13.2. The van der Waals surface area contributed by atoms with Gasteiger partial charge in [-0.05, 0) is 37.5 Å². The number of benzene rings is 1. The van der Waals surface area contributed by atoms with E-state index in [1.165, 1.54) is 12.1 Å². The molecule has 3 unspecified atom stereocenters. The number of hydrogen-bond donors (Lipinski definition) is 1. The first kappa shape index (κ1) is 12.8. The minimum atomic E-state index is -0.583. The fourth-order valence-electron chi connectivity index (χ4n) is 2.16. The van der Waals surface area contributed by atoms with E-state index in [4.69, 9.17) is 16.3 Å². The molecule has 4 heteroatoms. The van der Waals surface area contributed by atoms with Crippen molar-refractivity contribution in [2.24, 2.45) is 0 Å². The Labute approximate surface area is 105 Å². The van der Waals surface area contributed by atoms with Gasteiger partial charge in [-0.1, -0.05) is 17.7 Å². The molecular formula is C13H16ClFO2. The Morgan fingerprint density at radius 3 is 2.88 bits per heavy atom. The molecule has 2 rings (SSSR count). The first-order valence-electron chi connectivity index (χ1n) is 5.83. The molecule has 0 aliphatic carbocycles. The molecule has 1 heterocycles. The summed E-state index contributed by atoms with van der Waals surface area (Å²) in [6, 6.07) is 4.61. The minimum Gasteiger partial charge on any atom is -0.390 e. The molecule has 0 amide bonds. The highest BCUT2D eigenvalue weighted by molar-refractivity contribution is 6.30. The molecule has 1 aromatic rings. The maximum atomic E-state index is 13.2. The van der Waals surface area contributed by atoms with Crippen molar-refractivity contribution >= 4 is 11.6 Å². The summed E-state index contributed by atoms with van der Waals surface area (Å²) in [4.78, 5) is 0. The third-order valence-corrected chi connectivity index (χ3v) is 3.43. The lowest BCUT2D eigenvalue weighted by Crippen LogP contribution is -2.28. The van der Waals surface area contributed by atoms with Crippen LogP contribution in [0.1, 0.15) is 25.3 Å². The average Bonchev–Trinajstić information content (AvgIpc) is 2.70. The molecule has 1 aliphatic heterocycles. The Bertz CT molecular complexity index is 397. The van der Waals surface area contributed by atoms with Gasteiger partial charge in [0.1, 0.15) is 5.82 Å². The standard InChI is InChI=1S/C13H16ClFO2/c1-8-2-5-13(17-8)12(16)7-9-3-4-10(14)11(15)6-9/h3-4,6,8,12-13,16H,2,5,7H2,1H3. The topological polar surface area (TPSA) is 29.5 Å². The monoisotopic (exact) mass is 258 g/mol. The van der Waals surface area contributed by atoms with Crippen LogP contribution >= 0.6 is 11.6 Å². The van der Waals surface area contributed by atoms with Gasteiger partial charge in [0.15, 0.2) is 0 Å². The van der Waals surface area contributed by atoms with Crippen LogP contribution in [-0.2, 0) is 11.2 Å². The summed E-state index contributed by atoms with van der Waals surface area (Å²) in [7, 11) is 0. The lowest BCUT2D eigenvalue weighted by atomic mass is 10.0. The second-order valence-corrected chi connectivity index (χ2v) is 4.99. The first-order chi connectivity index (χ1) is 8.06. The number of halogens is 2. The smallest absolute Gasteiger partial charge is 0.142 e. The molecule has 0 saturated carbocycles. The van der Waals surface area contributed by atoms with Gasteiger partial charge in [-0.15, -0.1) is 0 Å². The van der Waals surface area contributed by atoms with Crippen LogP contribution in [0.4, 0.5) is 4.39 Å². The van der Waals surface area contributed by atoms with E-state index in [1.54, 1.807) is 6.07 Å². The Hall–Kier alpha value is -0.640. The minimum absolute atomic E-state index is 0.106. The number of ether oxygens (including phenoxy) is 1. The number of aliphatic hydroxyl groups excluding tert-OH is 1. The molecule has 3 atom stereocenters. The first-order valence-corrected chi connectivity index (χ1v) is 6.21.